The summed E-state index contributed by atoms with van der Waals surface area (Å²) >= 11 is 0. The van der Waals surface area contributed by atoms with Crippen molar-refractivity contribution in [1.29, 1.82) is 0 Å². The first-order valence-electron chi connectivity index (χ1n) is 6.88. The van der Waals surface area contributed by atoms with Crippen molar-refractivity contribution in [3.63, 3.8) is 0 Å². The predicted molar refractivity (Wildman–Crippen MR) is 88.5 cm³/mol. The van der Waals surface area contributed by atoms with Gasteiger partial charge < -0.3 is 5.73 Å². The second-order valence-corrected chi connectivity index (χ2v) is 4.99. The van der Waals surface area contributed by atoms with E-state index in [1.54, 1.807) is 0 Å². The van der Waals surface area contributed by atoms with Crippen LogP contribution in [0.4, 0.5) is 5.69 Å². The average molecular weight is 273 g/mol. The average Bonchev–Trinajstić information content (AvgIpc) is 2.52. The lowest BCUT2D eigenvalue weighted by Gasteiger charge is -2.13. The molecule has 1 aliphatic carbocycles. The van der Waals surface area contributed by atoms with Gasteiger partial charge in [0.05, 0.1) is 0 Å². The molecule has 0 atom stereocenters. The summed E-state index contributed by atoms with van der Waals surface area (Å²) in [5, 5.41) is 5.80. The standard InChI is InChI=1S/C19H16N2/c20-17-10-6-15(7-11-17)19(14-4-2-1-3-5-14)16-8-12-18(21)13-9-16/h1-13,20H,21H2/p+1. The fourth-order valence-electron chi connectivity index (χ4n) is 2.40. The van der Waals surface area contributed by atoms with Gasteiger partial charge >= 0.3 is 0 Å². The zero-order valence-electron chi connectivity index (χ0n) is 11.7. The van der Waals surface area contributed by atoms with Crippen LogP contribution in [-0.2, 0) is 0 Å². The van der Waals surface area contributed by atoms with Crippen molar-refractivity contribution in [2.45, 2.75) is 0 Å². The Kier molecular flexibility index (Phi) is 3.52. The van der Waals surface area contributed by atoms with Gasteiger partial charge in [0.25, 0.3) is 0 Å². The van der Waals surface area contributed by atoms with Gasteiger partial charge in [-0.3, -0.25) is 5.41 Å². The minimum atomic E-state index is 0.767. The van der Waals surface area contributed by atoms with Gasteiger partial charge in [0, 0.05) is 17.8 Å². The third kappa shape index (κ3) is 2.84. The second-order valence-electron chi connectivity index (χ2n) is 4.99. The normalized spacial score (nSPS) is 13.5. The fraction of sp³-hybridized carbons (Fsp3) is 0. The highest BCUT2D eigenvalue weighted by atomic mass is 14.5. The van der Waals surface area contributed by atoms with Gasteiger partial charge in [0.1, 0.15) is 0 Å². The Balaban J connectivity index is 2.19. The van der Waals surface area contributed by atoms with Gasteiger partial charge in [0.15, 0.2) is 5.71 Å². The van der Waals surface area contributed by atoms with Crippen LogP contribution in [0.25, 0.3) is 5.57 Å². The number of rotatable bonds is 2. The van der Waals surface area contributed by atoms with E-state index in [1.807, 2.05) is 66.8 Å². The number of benzene rings is 2. The molecule has 0 amide bonds. The van der Waals surface area contributed by atoms with Gasteiger partial charge in [0.2, 0.25) is 0 Å². The first kappa shape index (κ1) is 13.1. The van der Waals surface area contributed by atoms with E-state index in [9.17, 15) is 0 Å². The molecule has 102 valence electrons. The minimum Gasteiger partial charge on any atom is -0.399 e. The molecule has 0 bridgehead atoms. The zero-order valence-corrected chi connectivity index (χ0v) is 11.7. The maximum absolute atomic E-state index is 5.80. The summed E-state index contributed by atoms with van der Waals surface area (Å²) in [5.41, 5.74) is 12.0. The number of allylic oxidation sites excluding steroid dienone is 5. The van der Waals surface area contributed by atoms with Gasteiger partial charge in [-0.25, -0.2) is 0 Å². The summed E-state index contributed by atoms with van der Waals surface area (Å²) in [6.45, 7) is 0. The lowest BCUT2D eigenvalue weighted by molar-refractivity contribution is -0.110. The lowest BCUT2D eigenvalue weighted by Crippen LogP contribution is -2.37. The van der Waals surface area contributed by atoms with Crippen molar-refractivity contribution in [2.24, 2.45) is 0 Å². The van der Waals surface area contributed by atoms with E-state index in [0.717, 1.165) is 22.5 Å². The molecule has 0 saturated heterocycles. The summed E-state index contributed by atoms with van der Waals surface area (Å²) in [5.74, 6) is 0. The highest BCUT2D eigenvalue weighted by Crippen LogP contribution is 2.29. The van der Waals surface area contributed by atoms with E-state index in [4.69, 9.17) is 11.1 Å². The van der Waals surface area contributed by atoms with Crippen LogP contribution in [0.5, 0.6) is 0 Å². The van der Waals surface area contributed by atoms with Gasteiger partial charge in [-0.1, -0.05) is 42.5 Å². The first-order chi connectivity index (χ1) is 10.2. The van der Waals surface area contributed by atoms with Crippen LogP contribution in [0.3, 0.4) is 0 Å². The molecule has 0 aromatic heterocycles. The second kappa shape index (κ2) is 5.63. The topological polar surface area (TPSA) is 51.6 Å². The molecule has 0 saturated carbocycles. The number of hydrogen-bond donors (Lipinski definition) is 2. The molecule has 21 heavy (non-hydrogen) atoms. The van der Waals surface area contributed by atoms with Crippen LogP contribution < -0.4 is 11.1 Å². The van der Waals surface area contributed by atoms with Gasteiger partial charge in [-0.05, 0) is 46.6 Å². The smallest absolute Gasteiger partial charge is 0.196 e. The summed E-state index contributed by atoms with van der Waals surface area (Å²) in [4.78, 5) is 0. The SMILES string of the molecule is Nc1ccc(C(=C2C=CC(=[NH2+])C=C2)c2ccccc2)cc1. The molecule has 3 rings (SSSR count). The predicted octanol–water partition coefficient (Wildman–Crippen LogP) is 2.40. The van der Waals surface area contributed by atoms with Crippen molar-refractivity contribution < 1.29 is 5.41 Å². The number of nitrogens with two attached hydrogens (primary N) is 2. The number of nitrogen functional groups attached to an aromatic ring is 1. The summed E-state index contributed by atoms with van der Waals surface area (Å²) in [6, 6.07) is 18.3. The monoisotopic (exact) mass is 273 g/mol. The quantitative estimate of drug-likeness (QED) is 0.811. The lowest BCUT2D eigenvalue weighted by atomic mass is 9.91. The molecule has 0 spiro atoms. The zero-order chi connectivity index (χ0) is 14.7. The molecule has 0 unspecified atom stereocenters. The molecule has 0 aliphatic heterocycles. The Morgan fingerprint density at radius 3 is 1.90 bits per heavy atom. The van der Waals surface area contributed by atoms with Crippen LogP contribution in [0, 0.1) is 0 Å². The van der Waals surface area contributed by atoms with Crippen LogP contribution >= 0.6 is 0 Å². The molecule has 2 heteroatoms. The van der Waals surface area contributed by atoms with Crippen molar-refractivity contribution in [3.05, 3.63) is 95.6 Å². The van der Waals surface area contributed by atoms with E-state index >= 15 is 0 Å². The molecule has 4 N–H and O–H groups in total. The van der Waals surface area contributed by atoms with Gasteiger partial charge in [-0.2, -0.15) is 0 Å². The maximum atomic E-state index is 5.80. The Labute approximate surface area is 124 Å². The third-order valence-corrected chi connectivity index (χ3v) is 3.46. The Morgan fingerprint density at radius 1 is 0.714 bits per heavy atom. The Bertz CT molecular complexity index is 730. The van der Waals surface area contributed by atoms with Gasteiger partial charge in [-0.15, -0.1) is 0 Å². The van der Waals surface area contributed by atoms with Crippen LogP contribution in [0.1, 0.15) is 11.1 Å². The molecule has 2 aromatic rings. The highest BCUT2D eigenvalue weighted by molar-refractivity contribution is 6.03. The summed E-state index contributed by atoms with van der Waals surface area (Å²) in [6.07, 6.45) is 7.95. The van der Waals surface area contributed by atoms with E-state index in [0.29, 0.717) is 0 Å². The van der Waals surface area contributed by atoms with E-state index in [2.05, 4.69) is 12.1 Å². The molecule has 0 heterocycles. The van der Waals surface area contributed by atoms with Crippen molar-refractivity contribution in [1.82, 2.24) is 0 Å². The van der Waals surface area contributed by atoms with Crippen molar-refractivity contribution >= 4 is 17.0 Å². The van der Waals surface area contributed by atoms with Crippen molar-refractivity contribution in [2.75, 3.05) is 5.73 Å². The Morgan fingerprint density at radius 2 is 1.29 bits per heavy atom. The minimum absolute atomic E-state index is 0.767. The molecule has 1 aliphatic rings. The van der Waals surface area contributed by atoms with Crippen LogP contribution in [0.15, 0.2) is 84.5 Å². The van der Waals surface area contributed by atoms with Crippen molar-refractivity contribution in [3.8, 4) is 0 Å². The third-order valence-electron chi connectivity index (χ3n) is 3.46. The summed E-state index contributed by atoms with van der Waals surface area (Å²) in [7, 11) is 0. The molecule has 2 nitrogen and oxygen atoms in total. The highest BCUT2D eigenvalue weighted by Gasteiger charge is 2.11. The number of anilines is 1. The van der Waals surface area contributed by atoms with E-state index in [1.165, 1.54) is 11.1 Å². The Hall–Kier alpha value is -2.87. The van der Waals surface area contributed by atoms with Crippen LogP contribution in [-0.4, -0.2) is 5.71 Å². The van der Waals surface area contributed by atoms with E-state index in [-0.39, 0.29) is 0 Å². The largest absolute Gasteiger partial charge is 0.399 e. The molecule has 0 fully saturated rings. The van der Waals surface area contributed by atoms with Crippen LogP contribution in [0.2, 0.25) is 0 Å². The first-order valence-corrected chi connectivity index (χ1v) is 6.88. The summed E-state index contributed by atoms with van der Waals surface area (Å²) < 4.78 is 0. The number of hydrogen-bond acceptors (Lipinski definition) is 1. The van der Waals surface area contributed by atoms with E-state index < -0.39 is 0 Å². The molecule has 0 radical (unpaired) electrons. The maximum Gasteiger partial charge on any atom is 0.196 e. The fourth-order valence-corrected chi connectivity index (χ4v) is 2.40. The molecular weight excluding hydrogens is 256 g/mol. The molecule has 2 aromatic carbocycles. The molecular formula is C19H17N2+.